The first-order valence-electron chi connectivity index (χ1n) is 9.21. The number of aromatic amines is 1. The molecule has 154 valence electrons. The molecule has 0 radical (unpaired) electrons. The number of halogens is 2. The Morgan fingerprint density at radius 3 is 2.87 bits per heavy atom. The van der Waals surface area contributed by atoms with Crippen molar-refractivity contribution in [3.63, 3.8) is 0 Å². The van der Waals surface area contributed by atoms with E-state index in [0.717, 1.165) is 23.9 Å². The van der Waals surface area contributed by atoms with Crippen LogP contribution in [0.5, 0.6) is 0 Å². The molecule has 30 heavy (non-hydrogen) atoms. The highest BCUT2D eigenvalue weighted by Gasteiger charge is 2.36. The Morgan fingerprint density at radius 1 is 1.23 bits per heavy atom. The number of aromatic nitrogens is 2. The zero-order valence-corrected chi connectivity index (χ0v) is 16.0. The molecule has 3 aromatic rings. The molecule has 0 spiro atoms. The summed E-state index contributed by atoms with van der Waals surface area (Å²) in [6, 6.07) is 7.95. The maximum absolute atomic E-state index is 14.6. The predicted octanol–water partition coefficient (Wildman–Crippen LogP) is 3.65. The Hall–Kier alpha value is -3.75. The van der Waals surface area contributed by atoms with E-state index in [2.05, 4.69) is 15.3 Å². The van der Waals surface area contributed by atoms with Crippen LogP contribution in [0, 0.1) is 11.6 Å². The van der Waals surface area contributed by atoms with Crippen LogP contribution in [0.1, 0.15) is 33.4 Å². The van der Waals surface area contributed by atoms with Crippen molar-refractivity contribution in [3.05, 3.63) is 82.9 Å². The lowest BCUT2D eigenvalue weighted by atomic mass is 9.95. The largest absolute Gasteiger partial charge is 0.465 e. The third-order valence-electron chi connectivity index (χ3n) is 4.97. The molecule has 1 atom stereocenters. The number of imidazole rings is 1. The smallest absolute Gasteiger partial charge is 0.337 e. The van der Waals surface area contributed by atoms with Gasteiger partial charge >= 0.3 is 12.0 Å². The number of ether oxygens (including phenoxy) is 1. The topological polar surface area (TPSA) is 87.3 Å². The molecule has 1 aliphatic heterocycles. The highest BCUT2D eigenvalue weighted by molar-refractivity contribution is 5.94. The summed E-state index contributed by atoms with van der Waals surface area (Å²) in [6.07, 6.45) is 1.95. The lowest BCUT2D eigenvalue weighted by Crippen LogP contribution is -2.43. The molecule has 4 rings (SSSR count). The van der Waals surface area contributed by atoms with E-state index in [1.807, 2.05) is 0 Å². The van der Waals surface area contributed by atoms with Gasteiger partial charge in [0, 0.05) is 29.9 Å². The van der Waals surface area contributed by atoms with Crippen molar-refractivity contribution in [1.29, 1.82) is 0 Å². The summed E-state index contributed by atoms with van der Waals surface area (Å²) in [7, 11) is 1.26. The Labute approximate surface area is 170 Å². The zero-order chi connectivity index (χ0) is 21.3. The lowest BCUT2D eigenvalue weighted by molar-refractivity contribution is 0.0600. The molecule has 0 fully saturated rings. The summed E-state index contributed by atoms with van der Waals surface area (Å²) in [5.41, 5.74) is 1.89. The number of nitrogens with zero attached hydrogens (tertiary/aromatic N) is 2. The molecule has 2 aromatic carbocycles. The van der Waals surface area contributed by atoms with Gasteiger partial charge in [0.15, 0.2) is 0 Å². The molecule has 0 unspecified atom stereocenters. The zero-order valence-electron chi connectivity index (χ0n) is 16.0. The van der Waals surface area contributed by atoms with Crippen LogP contribution >= 0.6 is 0 Å². The van der Waals surface area contributed by atoms with E-state index < -0.39 is 29.7 Å². The Balaban J connectivity index is 1.68. The molecule has 2 heterocycles. The molecular weight excluding hydrogens is 394 g/mol. The molecule has 0 saturated carbocycles. The number of urea groups is 1. The highest BCUT2D eigenvalue weighted by Crippen LogP contribution is 2.35. The monoisotopic (exact) mass is 412 g/mol. The number of anilines is 1. The number of carbonyl (C=O) groups is 2. The van der Waals surface area contributed by atoms with Gasteiger partial charge in [-0.25, -0.2) is 23.4 Å². The van der Waals surface area contributed by atoms with E-state index >= 15 is 0 Å². The first kappa shape index (κ1) is 19.6. The van der Waals surface area contributed by atoms with Gasteiger partial charge in [-0.2, -0.15) is 0 Å². The SMILES string of the molecule is COC(=O)c1cccc(NC(=O)N2CCc3[nH]cnc3[C@H]2c2cc(F)ccc2F)c1. The number of methoxy groups -OCH3 is 1. The number of benzene rings is 2. The summed E-state index contributed by atoms with van der Waals surface area (Å²) in [6.45, 7) is 0.262. The number of hydrogen-bond acceptors (Lipinski definition) is 4. The second-order valence-electron chi connectivity index (χ2n) is 6.78. The van der Waals surface area contributed by atoms with Crippen LogP contribution in [-0.4, -0.2) is 40.5 Å². The predicted molar refractivity (Wildman–Crippen MR) is 104 cm³/mol. The Bertz CT molecular complexity index is 1120. The van der Waals surface area contributed by atoms with Crippen molar-refractivity contribution in [2.24, 2.45) is 0 Å². The number of nitrogens with one attached hydrogen (secondary N) is 2. The maximum Gasteiger partial charge on any atom is 0.337 e. The van der Waals surface area contributed by atoms with E-state index in [0.29, 0.717) is 17.8 Å². The molecule has 9 heteroatoms. The van der Waals surface area contributed by atoms with Crippen LogP contribution in [0.15, 0.2) is 48.8 Å². The average Bonchev–Trinajstić information content (AvgIpc) is 3.23. The standard InChI is InChI=1S/C21H18F2N4O3/c1-30-20(28)12-3-2-4-14(9-12)26-21(29)27-8-7-17-18(25-11-24-17)19(27)15-10-13(22)5-6-16(15)23/h2-6,9-11,19H,7-8H2,1H3,(H,24,25)(H,26,29)/t19-/m1/s1. The fourth-order valence-corrected chi connectivity index (χ4v) is 3.57. The van der Waals surface area contributed by atoms with Gasteiger partial charge in [0.05, 0.1) is 24.7 Å². The van der Waals surface area contributed by atoms with Gasteiger partial charge in [-0.05, 0) is 36.4 Å². The minimum Gasteiger partial charge on any atom is -0.465 e. The van der Waals surface area contributed by atoms with Crippen molar-refractivity contribution in [2.45, 2.75) is 12.5 Å². The molecule has 2 N–H and O–H groups in total. The van der Waals surface area contributed by atoms with Crippen molar-refractivity contribution >= 4 is 17.7 Å². The fraction of sp³-hybridized carbons (Fsp3) is 0.190. The average molecular weight is 412 g/mol. The second kappa shape index (κ2) is 7.94. The van der Waals surface area contributed by atoms with Crippen molar-refractivity contribution in [3.8, 4) is 0 Å². The van der Waals surface area contributed by atoms with Crippen LogP contribution in [0.3, 0.4) is 0 Å². The van der Waals surface area contributed by atoms with Crippen LogP contribution in [0.2, 0.25) is 0 Å². The number of esters is 1. The molecule has 2 amide bonds. The summed E-state index contributed by atoms with van der Waals surface area (Å²) in [5.74, 6) is -1.78. The van der Waals surface area contributed by atoms with Crippen LogP contribution in [0.25, 0.3) is 0 Å². The van der Waals surface area contributed by atoms with E-state index in [9.17, 15) is 18.4 Å². The molecular formula is C21H18F2N4O3. The van der Waals surface area contributed by atoms with Crippen LogP contribution < -0.4 is 5.32 Å². The molecule has 1 aliphatic rings. The third kappa shape index (κ3) is 3.61. The summed E-state index contributed by atoms with van der Waals surface area (Å²) < 4.78 is 33.2. The van der Waals surface area contributed by atoms with Crippen molar-refractivity contribution in [2.75, 3.05) is 19.0 Å². The summed E-state index contributed by atoms with van der Waals surface area (Å²) >= 11 is 0. The summed E-state index contributed by atoms with van der Waals surface area (Å²) in [4.78, 5) is 33.4. The normalized spacial score (nSPS) is 15.4. The third-order valence-corrected chi connectivity index (χ3v) is 4.97. The second-order valence-corrected chi connectivity index (χ2v) is 6.78. The quantitative estimate of drug-likeness (QED) is 0.643. The van der Waals surface area contributed by atoms with Gasteiger partial charge in [-0.1, -0.05) is 6.07 Å². The molecule has 0 saturated heterocycles. The van der Waals surface area contributed by atoms with Crippen molar-refractivity contribution < 1.29 is 23.1 Å². The Kier molecular flexibility index (Phi) is 5.18. The van der Waals surface area contributed by atoms with Crippen molar-refractivity contribution in [1.82, 2.24) is 14.9 Å². The minimum atomic E-state index is -0.903. The minimum absolute atomic E-state index is 0.0153. The first-order valence-corrected chi connectivity index (χ1v) is 9.21. The molecule has 0 bridgehead atoms. The number of H-pyrrole nitrogens is 1. The van der Waals surface area contributed by atoms with Crippen LogP contribution in [0.4, 0.5) is 19.3 Å². The van der Waals surface area contributed by atoms with E-state index in [-0.39, 0.29) is 17.7 Å². The molecule has 7 nitrogen and oxygen atoms in total. The number of fused-ring (bicyclic) bond motifs is 1. The van der Waals surface area contributed by atoms with Gasteiger partial charge < -0.3 is 19.9 Å². The van der Waals surface area contributed by atoms with E-state index in [4.69, 9.17) is 4.74 Å². The fourth-order valence-electron chi connectivity index (χ4n) is 3.57. The van der Waals surface area contributed by atoms with Gasteiger partial charge in [0.25, 0.3) is 0 Å². The van der Waals surface area contributed by atoms with Gasteiger partial charge in [0.2, 0.25) is 0 Å². The van der Waals surface area contributed by atoms with Gasteiger partial charge in [0.1, 0.15) is 17.7 Å². The number of carbonyl (C=O) groups excluding carboxylic acids is 2. The maximum atomic E-state index is 14.6. The molecule has 1 aromatic heterocycles. The summed E-state index contributed by atoms with van der Waals surface area (Å²) in [5, 5.41) is 2.71. The Morgan fingerprint density at radius 2 is 2.07 bits per heavy atom. The molecule has 0 aliphatic carbocycles. The lowest BCUT2D eigenvalue weighted by Gasteiger charge is -2.35. The first-order chi connectivity index (χ1) is 14.5. The van der Waals surface area contributed by atoms with E-state index in [1.54, 1.807) is 18.2 Å². The van der Waals surface area contributed by atoms with Gasteiger partial charge in [-0.15, -0.1) is 0 Å². The number of rotatable bonds is 3. The number of amides is 2. The van der Waals surface area contributed by atoms with Gasteiger partial charge in [-0.3, -0.25) is 0 Å². The highest BCUT2D eigenvalue weighted by atomic mass is 19.1. The van der Waals surface area contributed by atoms with E-state index in [1.165, 1.54) is 24.4 Å². The number of hydrogen-bond donors (Lipinski definition) is 2. The van der Waals surface area contributed by atoms with Crippen LogP contribution in [-0.2, 0) is 11.2 Å².